The Morgan fingerprint density at radius 2 is 2.25 bits per heavy atom. The van der Waals surface area contributed by atoms with Crippen molar-refractivity contribution in [3.63, 3.8) is 0 Å². The molecular formula is C16H16N2S2. The van der Waals surface area contributed by atoms with Crippen LogP contribution in [0.25, 0.3) is 0 Å². The lowest BCUT2D eigenvalue weighted by Crippen LogP contribution is -2.42. The molecule has 2 nitrogen and oxygen atoms in total. The molecule has 0 amide bonds. The molecule has 4 heteroatoms. The van der Waals surface area contributed by atoms with Crippen molar-refractivity contribution < 1.29 is 0 Å². The van der Waals surface area contributed by atoms with Crippen molar-refractivity contribution >= 4 is 34.2 Å². The highest BCUT2D eigenvalue weighted by Gasteiger charge is 2.42. The molecule has 0 bridgehead atoms. The van der Waals surface area contributed by atoms with E-state index in [1.165, 1.54) is 0 Å². The maximum Gasteiger partial charge on any atom is 0.0912 e. The van der Waals surface area contributed by atoms with Crippen molar-refractivity contribution in [2.45, 2.75) is 38.0 Å². The van der Waals surface area contributed by atoms with Gasteiger partial charge in [-0.3, -0.25) is 4.98 Å². The summed E-state index contributed by atoms with van der Waals surface area (Å²) in [5.41, 5.74) is 1.72. The Morgan fingerprint density at radius 3 is 2.85 bits per heavy atom. The Kier molecular flexibility index (Phi) is 4.74. The van der Waals surface area contributed by atoms with E-state index in [2.05, 4.69) is 11.1 Å². The predicted molar refractivity (Wildman–Crippen MR) is 88.9 cm³/mol. The zero-order valence-corrected chi connectivity index (χ0v) is 13.1. The van der Waals surface area contributed by atoms with Crippen LogP contribution in [-0.2, 0) is 5.41 Å². The normalized spacial score (nSPS) is 24.1. The number of rotatable bonds is 3. The minimum absolute atomic E-state index is 0.413. The Hall–Kier alpha value is -1.44. The molecule has 2 rings (SSSR count). The Balaban J connectivity index is 2.66. The maximum atomic E-state index is 9.10. The molecule has 0 saturated heterocycles. The van der Waals surface area contributed by atoms with E-state index in [0.29, 0.717) is 0 Å². The van der Waals surface area contributed by atoms with Crippen LogP contribution in [0.1, 0.15) is 38.2 Å². The van der Waals surface area contributed by atoms with Crippen LogP contribution in [0.3, 0.4) is 0 Å². The van der Waals surface area contributed by atoms with Gasteiger partial charge < -0.3 is 0 Å². The topological polar surface area (TPSA) is 36.7 Å². The number of hydrogen-bond acceptors (Lipinski definition) is 4. The van der Waals surface area contributed by atoms with Crippen molar-refractivity contribution in [1.29, 1.82) is 5.26 Å². The van der Waals surface area contributed by atoms with Crippen LogP contribution in [0.2, 0.25) is 0 Å². The summed E-state index contributed by atoms with van der Waals surface area (Å²) in [6.45, 7) is 1.87. The average molecular weight is 300 g/mol. The molecule has 0 N–H and O–H groups in total. The van der Waals surface area contributed by atoms with Gasteiger partial charge in [-0.15, -0.1) is 0 Å². The second-order valence-corrected chi connectivity index (χ2v) is 6.06. The van der Waals surface area contributed by atoms with Gasteiger partial charge in [-0.2, -0.15) is 5.26 Å². The molecule has 1 fully saturated rings. The quantitative estimate of drug-likeness (QED) is 0.622. The van der Waals surface area contributed by atoms with Crippen molar-refractivity contribution in [3.05, 3.63) is 41.7 Å². The zero-order chi connectivity index (χ0) is 14.6. The lowest BCUT2D eigenvalue weighted by molar-refractivity contribution is 0.483. The first-order valence-corrected chi connectivity index (χ1v) is 7.49. The molecular weight excluding hydrogens is 284 g/mol. The summed E-state index contributed by atoms with van der Waals surface area (Å²) in [7, 11) is 0. The van der Waals surface area contributed by atoms with Crippen molar-refractivity contribution in [1.82, 2.24) is 4.98 Å². The summed E-state index contributed by atoms with van der Waals surface area (Å²) in [5.74, 6) is 0. The van der Waals surface area contributed by atoms with E-state index < -0.39 is 5.41 Å². The van der Waals surface area contributed by atoms with E-state index in [0.717, 1.165) is 46.5 Å². The molecule has 0 aliphatic heterocycles. The van der Waals surface area contributed by atoms with E-state index in [1.54, 1.807) is 12.3 Å². The summed E-state index contributed by atoms with van der Waals surface area (Å²) in [5, 5.41) is 9.10. The van der Waals surface area contributed by atoms with E-state index in [-0.39, 0.29) is 0 Å². The van der Waals surface area contributed by atoms with Gasteiger partial charge in [-0.25, -0.2) is 0 Å². The summed E-state index contributed by atoms with van der Waals surface area (Å²) in [4.78, 5) is 5.72. The predicted octanol–water partition coefficient (Wildman–Crippen LogP) is 4.10. The highest BCUT2D eigenvalue weighted by Crippen LogP contribution is 2.45. The largest absolute Gasteiger partial charge is 0.264 e. The number of thiocarbonyl (C=S) groups is 2. The van der Waals surface area contributed by atoms with Crippen LogP contribution < -0.4 is 0 Å². The molecule has 1 saturated carbocycles. The minimum atomic E-state index is -0.413. The first kappa shape index (κ1) is 15.0. The summed E-state index contributed by atoms with van der Waals surface area (Å²) in [6, 6.07) is 6.12. The van der Waals surface area contributed by atoms with E-state index in [4.69, 9.17) is 29.7 Å². The van der Waals surface area contributed by atoms with E-state index in [1.807, 2.05) is 25.3 Å². The number of hydrogen-bond donors (Lipinski definition) is 0. The smallest absolute Gasteiger partial charge is 0.0912 e. The van der Waals surface area contributed by atoms with Gasteiger partial charge in [0.2, 0.25) is 0 Å². The monoisotopic (exact) mass is 300 g/mol. The zero-order valence-electron chi connectivity index (χ0n) is 11.4. The minimum Gasteiger partial charge on any atom is -0.264 e. The van der Waals surface area contributed by atoms with E-state index >= 15 is 0 Å². The van der Waals surface area contributed by atoms with E-state index in [9.17, 15) is 0 Å². The number of allylic oxidation sites excluding steroid dienone is 2. The van der Waals surface area contributed by atoms with Gasteiger partial charge >= 0.3 is 0 Å². The first-order valence-electron chi connectivity index (χ1n) is 6.68. The maximum absolute atomic E-state index is 9.10. The highest BCUT2D eigenvalue weighted by atomic mass is 32.1. The fraction of sp³-hybridized carbons (Fsp3) is 0.375. The Bertz CT molecular complexity index is 599. The molecule has 1 aromatic rings. The van der Waals surface area contributed by atoms with Gasteiger partial charge in [0, 0.05) is 28.2 Å². The SMILES string of the molecule is CC(=S)C(=S)C1(c2cccnc2)CCCCC1=CC#N. The van der Waals surface area contributed by atoms with Gasteiger partial charge in [-0.1, -0.05) is 36.9 Å². The van der Waals surface area contributed by atoms with Gasteiger partial charge in [0.05, 0.1) is 11.5 Å². The third kappa shape index (κ3) is 2.56. The number of aromatic nitrogens is 1. The second kappa shape index (κ2) is 6.34. The van der Waals surface area contributed by atoms with Crippen LogP contribution in [0, 0.1) is 11.3 Å². The fourth-order valence-corrected chi connectivity index (χ4v) is 3.51. The van der Waals surface area contributed by atoms with Crippen LogP contribution >= 0.6 is 24.4 Å². The Morgan fingerprint density at radius 1 is 1.45 bits per heavy atom. The summed E-state index contributed by atoms with van der Waals surface area (Å²) in [6.07, 6.45) is 9.22. The molecule has 1 aliphatic carbocycles. The summed E-state index contributed by atoms with van der Waals surface area (Å²) >= 11 is 11.0. The molecule has 0 spiro atoms. The van der Waals surface area contributed by atoms with Gasteiger partial charge in [0.15, 0.2) is 0 Å². The molecule has 1 atom stereocenters. The Labute approximate surface area is 130 Å². The van der Waals surface area contributed by atoms with Crippen molar-refractivity contribution in [2.24, 2.45) is 0 Å². The van der Waals surface area contributed by atoms with Gasteiger partial charge in [-0.05, 0) is 43.4 Å². The molecule has 1 unspecified atom stereocenters. The molecule has 0 radical (unpaired) electrons. The average Bonchev–Trinajstić information content (AvgIpc) is 2.48. The fourth-order valence-electron chi connectivity index (χ4n) is 2.99. The third-order valence-corrected chi connectivity index (χ3v) is 4.88. The molecule has 102 valence electrons. The lowest BCUT2D eigenvalue weighted by Gasteiger charge is -2.40. The highest BCUT2D eigenvalue weighted by molar-refractivity contribution is 7.89. The molecule has 1 aromatic heterocycles. The van der Waals surface area contributed by atoms with Gasteiger partial charge in [0.25, 0.3) is 0 Å². The third-order valence-electron chi connectivity index (χ3n) is 3.90. The van der Waals surface area contributed by atoms with Crippen LogP contribution in [0.4, 0.5) is 0 Å². The number of nitrogens with zero attached hydrogens (tertiary/aromatic N) is 2. The van der Waals surface area contributed by atoms with Gasteiger partial charge in [0.1, 0.15) is 0 Å². The van der Waals surface area contributed by atoms with Crippen LogP contribution in [-0.4, -0.2) is 14.7 Å². The first-order chi connectivity index (χ1) is 9.63. The molecule has 1 heterocycles. The lowest BCUT2D eigenvalue weighted by atomic mass is 9.64. The standard InChI is InChI=1S/C16H16N2S2/c1-12(19)15(20)16(14-6-4-10-18-11-14)8-3-2-5-13(16)7-9-17/h4,6-7,10-11H,2-3,5,8H2,1H3. The van der Waals surface area contributed by atoms with Crippen molar-refractivity contribution in [3.8, 4) is 6.07 Å². The van der Waals surface area contributed by atoms with Crippen LogP contribution in [0.5, 0.6) is 0 Å². The molecule has 0 aromatic carbocycles. The second-order valence-electron chi connectivity index (χ2n) is 5.04. The molecule has 20 heavy (non-hydrogen) atoms. The van der Waals surface area contributed by atoms with Crippen molar-refractivity contribution in [2.75, 3.05) is 0 Å². The number of pyridine rings is 1. The number of nitriles is 1. The summed E-state index contributed by atoms with van der Waals surface area (Å²) < 4.78 is 0. The van der Waals surface area contributed by atoms with Crippen LogP contribution in [0.15, 0.2) is 36.2 Å². The molecule has 1 aliphatic rings.